The fraction of sp³-hybridized carbons (Fsp3) is 0.357. The Morgan fingerprint density at radius 3 is 2.33 bits per heavy atom. The molecule has 0 heterocycles. The first-order valence-electron chi connectivity index (χ1n) is 6.34. The lowest BCUT2D eigenvalue weighted by Crippen LogP contribution is -2.31. The highest BCUT2D eigenvalue weighted by Crippen LogP contribution is 2.46. The lowest BCUT2D eigenvalue weighted by atomic mass is 10.1. The summed E-state index contributed by atoms with van der Waals surface area (Å²) in [7, 11) is 3.22. The molecule has 2 rings (SSSR count). The zero-order valence-electron chi connectivity index (χ0n) is 11.6. The van der Waals surface area contributed by atoms with Crippen molar-refractivity contribution in [3.8, 4) is 0 Å². The molecule has 1 aliphatic carbocycles. The number of benzene rings is 1. The lowest BCUT2D eigenvalue weighted by Gasteiger charge is -2.14. The van der Waals surface area contributed by atoms with Crippen LogP contribution in [-0.4, -0.2) is 41.9 Å². The Labute approximate surface area is 126 Å². The van der Waals surface area contributed by atoms with Crippen LogP contribution in [0.5, 0.6) is 0 Å². The highest BCUT2D eigenvalue weighted by Gasteiger charge is 2.57. The number of nitrogens with one attached hydrogen (secondary N) is 1. The van der Waals surface area contributed by atoms with Crippen molar-refractivity contribution in [1.82, 2.24) is 4.90 Å². The van der Waals surface area contributed by atoms with Crippen molar-refractivity contribution in [2.75, 3.05) is 19.4 Å². The molecule has 1 aromatic carbocycles. The summed E-state index contributed by atoms with van der Waals surface area (Å²) in [6.07, 6.45) is 0.665. The van der Waals surface area contributed by atoms with E-state index in [0.29, 0.717) is 24.1 Å². The maximum absolute atomic E-state index is 12.0. The summed E-state index contributed by atoms with van der Waals surface area (Å²) < 4.78 is 0. The number of amides is 2. The predicted molar refractivity (Wildman–Crippen MR) is 77.4 cm³/mol. The third-order valence-corrected chi connectivity index (χ3v) is 3.77. The molecule has 0 spiro atoms. The third-order valence-electron chi connectivity index (χ3n) is 3.46. The number of rotatable bonds is 4. The minimum Gasteiger partial charge on any atom is -0.480 e. The van der Waals surface area contributed by atoms with Gasteiger partial charge in [0.1, 0.15) is 5.41 Å². The van der Waals surface area contributed by atoms with E-state index in [1.807, 2.05) is 0 Å². The van der Waals surface area contributed by atoms with Crippen molar-refractivity contribution in [2.45, 2.75) is 12.8 Å². The van der Waals surface area contributed by atoms with E-state index in [-0.39, 0.29) is 10.9 Å². The van der Waals surface area contributed by atoms with E-state index in [1.165, 1.54) is 23.1 Å². The zero-order chi connectivity index (χ0) is 15.8. The first-order valence-corrected chi connectivity index (χ1v) is 6.72. The number of hydrogen-bond donors (Lipinski definition) is 2. The Morgan fingerprint density at radius 2 is 1.90 bits per heavy atom. The molecule has 1 aliphatic rings. The Hall–Kier alpha value is -2.08. The quantitative estimate of drug-likeness (QED) is 0.831. The first kappa shape index (κ1) is 15.3. The molecule has 2 N–H and O–H groups in total. The number of nitrogens with zero attached hydrogens (tertiary/aromatic N) is 1. The van der Waals surface area contributed by atoms with Crippen LogP contribution in [0, 0.1) is 5.41 Å². The second-order valence-corrected chi connectivity index (χ2v) is 5.64. The predicted octanol–water partition coefficient (Wildman–Crippen LogP) is 1.85. The molecule has 0 atom stereocenters. The minimum atomic E-state index is -1.31. The maximum Gasteiger partial charge on any atom is 0.319 e. The molecule has 1 aromatic rings. The summed E-state index contributed by atoms with van der Waals surface area (Å²) >= 11 is 6.03. The van der Waals surface area contributed by atoms with Crippen molar-refractivity contribution >= 4 is 35.1 Å². The molecule has 0 unspecified atom stereocenters. The van der Waals surface area contributed by atoms with Gasteiger partial charge in [-0.15, -0.1) is 0 Å². The van der Waals surface area contributed by atoms with E-state index >= 15 is 0 Å². The SMILES string of the molecule is CN(C)C(=O)c1ccc(NC(=O)C2(C(=O)O)CC2)cc1Cl. The number of aliphatic carboxylic acids is 1. The van der Waals surface area contributed by atoms with E-state index in [0.717, 1.165) is 0 Å². The number of carbonyl (C=O) groups is 3. The molecule has 0 bridgehead atoms. The van der Waals surface area contributed by atoms with Gasteiger partial charge in [0.05, 0.1) is 10.6 Å². The number of carboxylic acids is 1. The molecule has 21 heavy (non-hydrogen) atoms. The van der Waals surface area contributed by atoms with Crippen molar-refractivity contribution in [2.24, 2.45) is 5.41 Å². The van der Waals surface area contributed by atoms with Gasteiger partial charge in [-0.3, -0.25) is 14.4 Å². The molecule has 112 valence electrons. The molecule has 0 radical (unpaired) electrons. The van der Waals surface area contributed by atoms with Gasteiger partial charge in [-0.1, -0.05) is 11.6 Å². The number of hydrogen-bond acceptors (Lipinski definition) is 3. The molecule has 0 saturated heterocycles. The molecule has 1 fully saturated rings. The largest absolute Gasteiger partial charge is 0.480 e. The average molecular weight is 311 g/mol. The minimum absolute atomic E-state index is 0.201. The molecule has 0 aliphatic heterocycles. The fourth-order valence-electron chi connectivity index (χ4n) is 1.92. The van der Waals surface area contributed by atoms with Crippen molar-refractivity contribution in [3.63, 3.8) is 0 Å². The molecular formula is C14H15ClN2O4. The van der Waals surface area contributed by atoms with E-state index in [2.05, 4.69) is 5.32 Å². The third kappa shape index (κ3) is 2.85. The molecule has 0 aromatic heterocycles. The van der Waals surface area contributed by atoms with Crippen LogP contribution in [0.3, 0.4) is 0 Å². The van der Waals surface area contributed by atoms with Crippen molar-refractivity contribution in [3.05, 3.63) is 28.8 Å². The number of carbonyl (C=O) groups excluding carboxylic acids is 2. The van der Waals surface area contributed by atoms with E-state index in [9.17, 15) is 14.4 Å². The summed E-state index contributed by atoms with van der Waals surface area (Å²) in [5.41, 5.74) is -0.628. The molecular weight excluding hydrogens is 296 g/mol. The standard InChI is InChI=1S/C14H15ClN2O4/c1-17(2)11(18)9-4-3-8(7-10(9)15)16-12(19)14(5-6-14)13(20)21/h3-4,7H,5-6H2,1-2H3,(H,16,19)(H,20,21). The van der Waals surface area contributed by atoms with Crippen LogP contribution in [0.1, 0.15) is 23.2 Å². The Morgan fingerprint density at radius 1 is 1.29 bits per heavy atom. The number of carboxylic acid groups (broad SMARTS) is 1. The Kier molecular flexibility index (Phi) is 3.91. The van der Waals surface area contributed by atoms with Gasteiger partial charge in [0.15, 0.2) is 0 Å². The van der Waals surface area contributed by atoms with Crippen LogP contribution < -0.4 is 5.32 Å². The summed E-state index contributed by atoms with van der Waals surface area (Å²) in [5.74, 6) is -1.93. The second-order valence-electron chi connectivity index (χ2n) is 5.24. The van der Waals surface area contributed by atoms with E-state index in [1.54, 1.807) is 14.1 Å². The molecule has 2 amide bonds. The summed E-state index contributed by atoms with van der Waals surface area (Å²) in [5, 5.41) is 11.8. The summed E-state index contributed by atoms with van der Waals surface area (Å²) in [6, 6.07) is 4.47. The van der Waals surface area contributed by atoms with Gasteiger partial charge in [-0.05, 0) is 31.0 Å². The van der Waals surface area contributed by atoms with Crippen molar-refractivity contribution < 1.29 is 19.5 Å². The molecule has 7 heteroatoms. The van der Waals surface area contributed by atoms with Crippen LogP contribution in [0.4, 0.5) is 5.69 Å². The number of anilines is 1. The highest BCUT2D eigenvalue weighted by atomic mass is 35.5. The van der Waals surface area contributed by atoms with Gasteiger partial charge in [0.25, 0.3) is 5.91 Å². The van der Waals surface area contributed by atoms with Crippen LogP contribution in [0.2, 0.25) is 5.02 Å². The van der Waals surface area contributed by atoms with Gasteiger partial charge in [0, 0.05) is 19.8 Å². The normalized spacial score (nSPS) is 15.2. The second kappa shape index (κ2) is 5.37. The van der Waals surface area contributed by atoms with Gasteiger partial charge in [-0.25, -0.2) is 0 Å². The first-order chi connectivity index (χ1) is 9.78. The van der Waals surface area contributed by atoms with Crippen LogP contribution >= 0.6 is 11.6 Å². The molecule has 6 nitrogen and oxygen atoms in total. The summed E-state index contributed by atoms with van der Waals surface area (Å²) in [6.45, 7) is 0. The monoisotopic (exact) mass is 310 g/mol. The van der Waals surface area contributed by atoms with E-state index < -0.39 is 17.3 Å². The average Bonchev–Trinajstić information content (AvgIpc) is 3.19. The van der Waals surface area contributed by atoms with Gasteiger partial charge in [0.2, 0.25) is 5.91 Å². The van der Waals surface area contributed by atoms with Crippen LogP contribution in [0.25, 0.3) is 0 Å². The maximum atomic E-state index is 12.0. The molecule has 1 saturated carbocycles. The van der Waals surface area contributed by atoms with Crippen LogP contribution in [-0.2, 0) is 9.59 Å². The van der Waals surface area contributed by atoms with Crippen LogP contribution in [0.15, 0.2) is 18.2 Å². The smallest absolute Gasteiger partial charge is 0.319 e. The topological polar surface area (TPSA) is 86.7 Å². The van der Waals surface area contributed by atoms with E-state index in [4.69, 9.17) is 16.7 Å². The summed E-state index contributed by atoms with van der Waals surface area (Å²) in [4.78, 5) is 36.3. The van der Waals surface area contributed by atoms with Crippen molar-refractivity contribution in [1.29, 1.82) is 0 Å². The Balaban J connectivity index is 2.16. The zero-order valence-corrected chi connectivity index (χ0v) is 12.4. The van der Waals surface area contributed by atoms with Gasteiger partial charge < -0.3 is 15.3 Å². The number of halogens is 1. The highest BCUT2D eigenvalue weighted by molar-refractivity contribution is 6.34. The van der Waals surface area contributed by atoms with Gasteiger partial charge in [-0.2, -0.15) is 0 Å². The Bertz CT molecular complexity index is 623. The van der Waals surface area contributed by atoms with Gasteiger partial charge >= 0.3 is 5.97 Å². The lowest BCUT2D eigenvalue weighted by molar-refractivity contribution is -0.147. The fourth-order valence-corrected chi connectivity index (χ4v) is 2.18.